The first kappa shape index (κ1) is 21.1. The van der Waals surface area contributed by atoms with Crippen molar-refractivity contribution in [3.8, 4) is 11.5 Å². The van der Waals surface area contributed by atoms with Crippen molar-refractivity contribution >= 4 is 15.9 Å². The zero-order valence-corrected chi connectivity index (χ0v) is 17.0. The summed E-state index contributed by atoms with van der Waals surface area (Å²) in [6, 6.07) is 13.2. The molecule has 9 heteroatoms. The Morgan fingerprint density at radius 3 is 2.34 bits per heavy atom. The topological polar surface area (TPSA) is 94.2 Å². The van der Waals surface area contributed by atoms with Gasteiger partial charge in [-0.25, -0.2) is 8.42 Å². The van der Waals surface area contributed by atoms with E-state index in [4.69, 9.17) is 14.2 Å². The van der Waals surface area contributed by atoms with Crippen LogP contribution in [0.2, 0.25) is 0 Å². The maximum atomic E-state index is 12.6. The number of hydrogen-bond donors (Lipinski definition) is 1. The number of amides is 1. The third-order valence-electron chi connectivity index (χ3n) is 4.38. The highest BCUT2D eigenvalue weighted by Gasteiger charge is 2.26. The second-order valence-electron chi connectivity index (χ2n) is 6.29. The van der Waals surface area contributed by atoms with E-state index in [1.165, 1.54) is 16.4 Å². The molecular weight excluding hydrogens is 396 g/mol. The predicted octanol–water partition coefficient (Wildman–Crippen LogP) is 1.52. The molecule has 1 aliphatic rings. The summed E-state index contributed by atoms with van der Waals surface area (Å²) in [6.07, 6.45) is 0. The molecule has 0 radical (unpaired) electrons. The second-order valence-corrected chi connectivity index (χ2v) is 8.23. The number of morpholine rings is 1. The van der Waals surface area contributed by atoms with Crippen LogP contribution in [0.15, 0.2) is 53.4 Å². The molecule has 0 atom stereocenters. The van der Waals surface area contributed by atoms with E-state index in [1.807, 2.05) is 0 Å². The van der Waals surface area contributed by atoms with E-state index in [9.17, 15) is 13.2 Å². The van der Waals surface area contributed by atoms with Gasteiger partial charge >= 0.3 is 0 Å². The molecule has 2 aromatic carbocycles. The zero-order valence-electron chi connectivity index (χ0n) is 16.2. The summed E-state index contributed by atoms with van der Waals surface area (Å²) < 4.78 is 43.0. The van der Waals surface area contributed by atoms with Crippen molar-refractivity contribution in [1.29, 1.82) is 0 Å². The summed E-state index contributed by atoms with van der Waals surface area (Å²) in [5, 5.41) is 2.56. The van der Waals surface area contributed by atoms with Gasteiger partial charge in [-0.1, -0.05) is 6.07 Å². The fourth-order valence-electron chi connectivity index (χ4n) is 2.83. The van der Waals surface area contributed by atoms with E-state index in [0.29, 0.717) is 43.4 Å². The lowest BCUT2D eigenvalue weighted by molar-refractivity contribution is 0.0730. The minimum Gasteiger partial charge on any atom is -0.490 e. The Balaban J connectivity index is 1.50. The molecule has 2 aromatic rings. The van der Waals surface area contributed by atoms with Crippen LogP contribution in [0.1, 0.15) is 10.4 Å². The van der Waals surface area contributed by atoms with Gasteiger partial charge < -0.3 is 19.5 Å². The van der Waals surface area contributed by atoms with Gasteiger partial charge in [-0.05, 0) is 42.5 Å². The molecule has 3 rings (SSSR count). The van der Waals surface area contributed by atoms with Crippen molar-refractivity contribution in [3.63, 3.8) is 0 Å². The van der Waals surface area contributed by atoms with Crippen LogP contribution in [0.4, 0.5) is 0 Å². The maximum absolute atomic E-state index is 12.6. The van der Waals surface area contributed by atoms with Crippen LogP contribution in [0.25, 0.3) is 0 Å². The van der Waals surface area contributed by atoms with Crippen LogP contribution in [0.5, 0.6) is 11.5 Å². The van der Waals surface area contributed by atoms with E-state index in [-0.39, 0.29) is 24.0 Å². The van der Waals surface area contributed by atoms with Crippen LogP contribution in [0, 0.1) is 0 Å². The van der Waals surface area contributed by atoms with Crippen molar-refractivity contribution in [2.45, 2.75) is 4.90 Å². The summed E-state index contributed by atoms with van der Waals surface area (Å²) in [7, 11) is -1.94. The molecule has 0 aromatic heterocycles. The molecule has 0 spiro atoms. The number of hydrogen-bond acceptors (Lipinski definition) is 6. The number of carbonyl (C=O) groups is 1. The lowest BCUT2D eigenvalue weighted by Crippen LogP contribution is -2.40. The van der Waals surface area contributed by atoms with Crippen LogP contribution < -0.4 is 14.8 Å². The third-order valence-corrected chi connectivity index (χ3v) is 6.29. The van der Waals surface area contributed by atoms with Gasteiger partial charge in [-0.3, -0.25) is 4.79 Å². The van der Waals surface area contributed by atoms with Crippen LogP contribution >= 0.6 is 0 Å². The molecule has 29 heavy (non-hydrogen) atoms. The Bertz CT molecular complexity index is 924. The van der Waals surface area contributed by atoms with Crippen LogP contribution in [0.3, 0.4) is 0 Å². The Kier molecular flexibility index (Phi) is 7.08. The Morgan fingerprint density at radius 1 is 1.03 bits per heavy atom. The fraction of sp³-hybridized carbons (Fsp3) is 0.350. The number of rotatable bonds is 8. The van der Waals surface area contributed by atoms with Gasteiger partial charge in [-0.15, -0.1) is 0 Å². The van der Waals surface area contributed by atoms with Gasteiger partial charge in [0.15, 0.2) is 0 Å². The van der Waals surface area contributed by atoms with E-state index in [2.05, 4.69) is 5.32 Å². The zero-order chi connectivity index (χ0) is 20.7. The third kappa shape index (κ3) is 5.47. The molecular formula is C20H24N2O6S. The molecule has 1 heterocycles. The number of nitrogens with one attached hydrogen (secondary N) is 1. The highest BCUT2D eigenvalue weighted by molar-refractivity contribution is 7.89. The highest BCUT2D eigenvalue weighted by Crippen LogP contribution is 2.20. The van der Waals surface area contributed by atoms with Gasteiger partial charge in [0.1, 0.15) is 24.7 Å². The minimum atomic E-state index is -3.51. The predicted molar refractivity (Wildman–Crippen MR) is 107 cm³/mol. The van der Waals surface area contributed by atoms with Crippen molar-refractivity contribution in [2.24, 2.45) is 0 Å². The summed E-state index contributed by atoms with van der Waals surface area (Å²) >= 11 is 0. The molecule has 1 fully saturated rings. The maximum Gasteiger partial charge on any atom is 0.251 e. The normalized spacial score (nSPS) is 14.9. The van der Waals surface area contributed by atoms with Gasteiger partial charge in [0.2, 0.25) is 10.0 Å². The summed E-state index contributed by atoms with van der Waals surface area (Å²) in [5.74, 6) is 0.939. The minimum absolute atomic E-state index is 0.182. The molecule has 1 N–H and O–H groups in total. The smallest absolute Gasteiger partial charge is 0.251 e. The second kappa shape index (κ2) is 9.73. The Hall–Kier alpha value is -2.62. The first-order chi connectivity index (χ1) is 14.0. The molecule has 156 valence electrons. The number of ether oxygens (including phenoxy) is 3. The van der Waals surface area contributed by atoms with E-state index < -0.39 is 10.0 Å². The van der Waals surface area contributed by atoms with E-state index in [1.54, 1.807) is 43.4 Å². The van der Waals surface area contributed by atoms with Crippen LogP contribution in [-0.2, 0) is 14.8 Å². The Morgan fingerprint density at radius 2 is 1.69 bits per heavy atom. The molecule has 0 bridgehead atoms. The molecule has 1 saturated heterocycles. The average Bonchev–Trinajstić information content (AvgIpc) is 2.77. The summed E-state index contributed by atoms with van der Waals surface area (Å²) in [4.78, 5) is 11.9. The molecule has 0 saturated carbocycles. The van der Waals surface area contributed by atoms with Crippen LogP contribution in [-0.4, -0.2) is 65.2 Å². The average molecular weight is 420 g/mol. The SMILES string of the molecule is CNC(=O)c1cccc(OCCOc2ccc(S(=O)(=O)N3CCOCC3)cc2)c1. The van der Waals surface area contributed by atoms with Crippen molar-refractivity contribution in [1.82, 2.24) is 9.62 Å². The monoisotopic (exact) mass is 420 g/mol. The summed E-state index contributed by atoms with van der Waals surface area (Å²) in [5.41, 5.74) is 0.517. The summed E-state index contributed by atoms with van der Waals surface area (Å²) in [6.45, 7) is 2.10. The lowest BCUT2D eigenvalue weighted by Gasteiger charge is -2.26. The van der Waals surface area contributed by atoms with E-state index in [0.717, 1.165) is 0 Å². The molecule has 1 aliphatic heterocycles. The molecule has 0 unspecified atom stereocenters. The highest BCUT2D eigenvalue weighted by atomic mass is 32.2. The molecule has 8 nitrogen and oxygen atoms in total. The fourth-order valence-corrected chi connectivity index (χ4v) is 4.24. The molecule has 1 amide bonds. The van der Waals surface area contributed by atoms with Gasteiger partial charge in [0, 0.05) is 25.7 Å². The van der Waals surface area contributed by atoms with Gasteiger partial charge in [0.05, 0.1) is 18.1 Å². The van der Waals surface area contributed by atoms with Crippen molar-refractivity contribution < 1.29 is 27.4 Å². The standard InChI is InChI=1S/C20H24N2O6S/c1-21-20(23)16-3-2-4-18(15-16)28-14-13-27-17-5-7-19(8-6-17)29(24,25)22-9-11-26-12-10-22/h2-8,15H,9-14H2,1H3,(H,21,23). The number of benzene rings is 2. The van der Waals surface area contributed by atoms with Crippen molar-refractivity contribution in [2.75, 3.05) is 46.6 Å². The number of carbonyl (C=O) groups excluding carboxylic acids is 1. The molecule has 0 aliphatic carbocycles. The number of sulfonamides is 1. The van der Waals surface area contributed by atoms with Crippen molar-refractivity contribution in [3.05, 3.63) is 54.1 Å². The first-order valence-electron chi connectivity index (χ1n) is 9.26. The first-order valence-corrected chi connectivity index (χ1v) is 10.7. The lowest BCUT2D eigenvalue weighted by atomic mass is 10.2. The van der Waals surface area contributed by atoms with Gasteiger partial charge in [0.25, 0.3) is 5.91 Å². The van der Waals surface area contributed by atoms with E-state index >= 15 is 0 Å². The van der Waals surface area contributed by atoms with Gasteiger partial charge in [-0.2, -0.15) is 4.31 Å². The Labute approximate surface area is 170 Å². The largest absolute Gasteiger partial charge is 0.490 e. The number of nitrogens with zero attached hydrogens (tertiary/aromatic N) is 1. The quantitative estimate of drug-likeness (QED) is 0.651.